The van der Waals surface area contributed by atoms with Gasteiger partial charge in [-0.3, -0.25) is 0 Å². The Morgan fingerprint density at radius 3 is 2.61 bits per heavy atom. The molecule has 0 aliphatic carbocycles. The van der Waals surface area contributed by atoms with E-state index in [1.807, 2.05) is 32.0 Å². The second-order valence-corrected chi connectivity index (χ2v) is 5.35. The lowest BCUT2D eigenvalue weighted by molar-refractivity contribution is -0.274. The molecule has 0 saturated carbocycles. The predicted molar refractivity (Wildman–Crippen MR) is 84.4 cm³/mol. The first-order chi connectivity index (χ1) is 10.9. The molecule has 0 spiro atoms. The average molecular weight is 322 g/mol. The number of hydrogen-bond donors (Lipinski definition) is 1. The van der Waals surface area contributed by atoms with Crippen LogP contribution in [0.5, 0.6) is 5.75 Å². The van der Waals surface area contributed by atoms with Gasteiger partial charge >= 0.3 is 6.36 Å². The van der Waals surface area contributed by atoms with E-state index in [1.54, 1.807) is 18.2 Å². The van der Waals surface area contributed by atoms with E-state index in [2.05, 4.69) is 16.1 Å². The Kier molecular flexibility index (Phi) is 5.53. The van der Waals surface area contributed by atoms with E-state index < -0.39 is 6.36 Å². The molecule has 0 fully saturated rings. The number of ether oxygens (including phenoxy) is 1. The van der Waals surface area contributed by atoms with Gasteiger partial charge in [-0.2, -0.15) is 0 Å². The van der Waals surface area contributed by atoms with Gasteiger partial charge in [0.25, 0.3) is 0 Å². The maximum Gasteiger partial charge on any atom is 0.573 e. The number of benzene rings is 2. The zero-order chi connectivity index (χ0) is 16.9. The van der Waals surface area contributed by atoms with Gasteiger partial charge in [-0.05, 0) is 30.0 Å². The van der Waals surface area contributed by atoms with Gasteiger partial charge < -0.3 is 10.1 Å². The zero-order valence-electron chi connectivity index (χ0n) is 13.1. The molecule has 5 heteroatoms. The number of anilines is 1. The van der Waals surface area contributed by atoms with E-state index in [-0.39, 0.29) is 18.2 Å². The lowest BCUT2D eigenvalue weighted by atomic mass is 9.96. The van der Waals surface area contributed by atoms with Crippen molar-refractivity contribution in [2.24, 2.45) is 0 Å². The van der Waals surface area contributed by atoms with Gasteiger partial charge in [-0.25, -0.2) is 0 Å². The first-order valence-electron chi connectivity index (χ1n) is 7.48. The van der Waals surface area contributed by atoms with Gasteiger partial charge in [0.2, 0.25) is 0 Å². The molecular formula is C18H19F3NO. The summed E-state index contributed by atoms with van der Waals surface area (Å²) in [7, 11) is 0. The molecule has 0 aliphatic rings. The fraction of sp³-hybridized carbons (Fsp3) is 0.333. The van der Waals surface area contributed by atoms with E-state index in [0.717, 1.165) is 17.7 Å². The van der Waals surface area contributed by atoms with E-state index in [9.17, 15) is 13.2 Å². The third-order valence-electron chi connectivity index (χ3n) is 3.67. The molecule has 0 aromatic heterocycles. The zero-order valence-corrected chi connectivity index (χ0v) is 13.1. The fourth-order valence-corrected chi connectivity index (χ4v) is 2.20. The van der Waals surface area contributed by atoms with Gasteiger partial charge in [0, 0.05) is 23.9 Å². The minimum Gasteiger partial charge on any atom is -0.405 e. The third-order valence-corrected chi connectivity index (χ3v) is 3.67. The smallest absolute Gasteiger partial charge is 0.405 e. The molecule has 2 aromatic carbocycles. The van der Waals surface area contributed by atoms with Crippen molar-refractivity contribution in [1.82, 2.24) is 0 Å². The Bertz CT molecular complexity index is 626. The van der Waals surface area contributed by atoms with Crippen LogP contribution in [0.25, 0.3) is 0 Å². The first-order valence-corrected chi connectivity index (χ1v) is 7.48. The summed E-state index contributed by atoms with van der Waals surface area (Å²) in [5.41, 5.74) is 2.19. The summed E-state index contributed by atoms with van der Waals surface area (Å²) in [5.74, 6) is 0.102. The van der Waals surface area contributed by atoms with Gasteiger partial charge in [-0.1, -0.05) is 44.2 Å². The largest absolute Gasteiger partial charge is 0.573 e. The molecule has 1 radical (unpaired) electrons. The van der Waals surface area contributed by atoms with Crippen LogP contribution in [0.1, 0.15) is 37.3 Å². The lowest BCUT2D eigenvalue weighted by Gasteiger charge is -2.17. The molecule has 0 saturated heterocycles. The maximum atomic E-state index is 12.6. The minimum absolute atomic E-state index is 0.173. The molecule has 2 rings (SSSR count). The number of halogens is 3. The Morgan fingerprint density at radius 2 is 2.00 bits per heavy atom. The molecule has 23 heavy (non-hydrogen) atoms. The summed E-state index contributed by atoms with van der Waals surface area (Å²) in [4.78, 5) is 0. The lowest BCUT2D eigenvalue weighted by Crippen LogP contribution is -2.19. The van der Waals surface area contributed by atoms with Crippen LogP contribution in [0, 0.1) is 6.07 Å². The van der Waals surface area contributed by atoms with Crippen molar-refractivity contribution in [3.05, 3.63) is 59.7 Å². The molecule has 1 unspecified atom stereocenters. The SMILES string of the molecule is CCC(C)c1ccc(OC(F)(F)F)c(CNc2[c]cccc2)c1. The van der Waals surface area contributed by atoms with Crippen LogP contribution in [0.4, 0.5) is 18.9 Å². The molecule has 123 valence electrons. The Hall–Kier alpha value is -2.17. The highest BCUT2D eigenvalue weighted by Gasteiger charge is 2.32. The van der Waals surface area contributed by atoms with E-state index in [4.69, 9.17) is 0 Å². The second kappa shape index (κ2) is 7.40. The van der Waals surface area contributed by atoms with Gasteiger partial charge in [0.15, 0.2) is 0 Å². The monoisotopic (exact) mass is 322 g/mol. The van der Waals surface area contributed by atoms with Crippen molar-refractivity contribution in [3.63, 3.8) is 0 Å². The molecule has 2 aromatic rings. The molecule has 1 atom stereocenters. The quantitative estimate of drug-likeness (QED) is 0.757. The van der Waals surface area contributed by atoms with Crippen molar-refractivity contribution >= 4 is 5.69 Å². The molecule has 0 heterocycles. The van der Waals surface area contributed by atoms with Gasteiger partial charge in [-0.15, -0.1) is 13.2 Å². The van der Waals surface area contributed by atoms with Crippen LogP contribution in [0.15, 0.2) is 42.5 Å². The predicted octanol–water partition coefficient (Wildman–Crippen LogP) is 5.51. The number of para-hydroxylation sites is 1. The number of rotatable bonds is 6. The van der Waals surface area contributed by atoms with Gasteiger partial charge in [0.05, 0.1) is 0 Å². The first kappa shape index (κ1) is 17.2. The van der Waals surface area contributed by atoms with Crippen molar-refractivity contribution in [1.29, 1.82) is 0 Å². The van der Waals surface area contributed by atoms with Crippen LogP contribution in [-0.4, -0.2) is 6.36 Å². The molecular weight excluding hydrogens is 303 g/mol. The Morgan fingerprint density at radius 1 is 1.22 bits per heavy atom. The van der Waals surface area contributed by atoms with Crippen molar-refractivity contribution in [2.45, 2.75) is 39.1 Å². The summed E-state index contributed by atoms with van der Waals surface area (Å²) in [6.45, 7) is 4.32. The van der Waals surface area contributed by atoms with E-state index in [1.165, 1.54) is 6.07 Å². The third kappa shape index (κ3) is 5.20. The van der Waals surface area contributed by atoms with Crippen LogP contribution < -0.4 is 10.1 Å². The van der Waals surface area contributed by atoms with Crippen molar-refractivity contribution in [3.8, 4) is 5.75 Å². The summed E-state index contributed by atoms with van der Waals surface area (Å²) in [6.07, 6.45) is -3.79. The Balaban J connectivity index is 2.24. The Labute approximate surface area is 134 Å². The average Bonchev–Trinajstić information content (AvgIpc) is 2.52. The van der Waals surface area contributed by atoms with Crippen molar-refractivity contribution < 1.29 is 17.9 Å². The minimum atomic E-state index is -4.70. The van der Waals surface area contributed by atoms with E-state index in [0.29, 0.717) is 5.56 Å². The van der Waals surface area contributed by atoms with E-state index >= 15 is 0 Å². The van der Waals surface area contributed by atoms with Crippen LogP contribution in [-0.2, 0) is 6.54 Å². The van der Waals surface area contributed by atoms with Crippen molar-refractivity contribution in [2.75, 3.05) is 5.32 Å². The summed E-state index contributed by atoms with van der Waals surface area (Å²) in [6, 6.07) is 15.0. The van der Waals surface area contributed by atoms with Crippen LogP contribution in [0.2, 0.25) is 0 Å². The number of hydrogen-bond acceptors (Lipinski definition) is 2. The maximum absolute atomic E-state index is 12.6. The summed E-state index contributed by atoms with van der Waals surface area (Å²) < 4.78 is 41.8. The fourth-order valence-electron chi connectivity index (χ4n) is 2.20. The van der Waals surface area contributed by atoms with Crippen LogP contribution in [0.3, 0.4) is 0 Å². The topological polar surface area (TPSA) is 21.3 Å². The second-order valence-electron chi connectivity index (χ2n) is 5.35. The molecule has 2 nitrogen and oxygen atoms in total. The van der Waals surface area contributed by atoms with Crippen LogP contribution >= 0.6 is 0 Å². The number of alkyl halides is 3. The number of nitrogens with one attached hydrogen (secondary N) is 1. The summed E-state index contributed by atoms with van der Waals surface area (Å²) >= 11 is 0. The summed E-state index contributed by atoms with van der Waals surface area (Å²) in [5, 5.41) is 3.07. The highest BCUT2D eigenvalue weighted by Crippen LogP contribution is 2.30. The van der Waals surface area contributed by atoms with Gasteiger partial charge in [0.1, 0.15) is 5.75 Å². The molecule has 0 amide bonds. The highest BCUT2D eigenvalue weighted by molar-refractivity contribution is 5.45. The highest BCUT2D eigenvalue weighted by atomic mass is 19.4. The molecule has 0 aliphatic heterocycles. The molecule has 1 N–H and O–H groups in total. The normalized spacial score (nSPS) is 12.7. The standard InChI is InChI=1S/C18H19F3NO/c1-3-13(2)14-9-10-17(23-18(19,20)21)15(11-14)12-22-16-7-5-4-6-8-16/h4-7,9-11,13,22H,3,12H2,1-2H3. The molecule has 0 bridgehead atoms.